The average Bonchev–Trinajstić information content (AvgIpc) is 2.78. The van der Waals surface area contributed by atoms with Gasteiger partial charge in [0.15, 0.2) is 0 Å². The molecular formula is C25H28N2O3. The fourth-order valence-corrected chi connectivity index (χ4v) is 4.03. The van der Waals surface area contributed by atoms with Crippen LogP contribution in [0.4, 0.5) is 5.69 Å². The highest BCUT2D eigenvalue weighted by Gasteiger charge is 2.34. The number of nitrogens with one attached hydrogen (secondary N) is 1. The maximum atomic E-state index is 13.4. The second-order valence-corrected chi connectivity index (χ2v) is 7.33. The summed E-state index contributed by atoms with van der Waals surface area (Å²) in [5.41, 5.74) is 2.55. The molecule has 0 saturated carbocycles. The third kappa shape index (κ3) is 3.85. The summed E-state index contributed by atoms with van der Waals surface area (Å²) in [5, 5.41) is 5.81. The van der Waals surface area contributed by atoms with Gasteiger partial charge in [0.1, 0.15) is 18.5 Å². The molecule has 1 unspecified atom stereocenters. The number of para-hydroxylation sites is 1. The van der Waals surface area contributed by atoms with Crippen molar-refractivity contribution < 1.29 is 14.3 Å². The number of benzene rings is 3. The largest absolute Gasteiger partial charge is 0.491 e. The van der Waals surface area contributed by atoms with E-state index in [9.17, 15) is 4.79 Å². The van der Waals surface area contributed by atoms with Crippen molar-refractivity contribution in [3.8, 4) is 5.75 Å². The van der Waals surface area contributed by atoms with Crippen LogP contribution in [0.15, 0.2) is 60.7 Å². The van der Waals surface area contributed by atoms with Gasteiger partial charge in [0.05, 0.1) is 12.2 Å². The van der Waals surface area contributed by atoms with Gasteiger partial charge in [0.25, 0.3) is 5.91 Å². The zero-order chi connectivity index (χ0) is 20.9. The summed E-state index contributed by atoms with van der Waals surface area (Å²) in [6.07, 6.45) is 0.567. The number of rotatable bonds is 8. The molecule has 1 aliphatic heterocycles. The predicted molar refractivity (Wildman–Crippen MR) is 120 cm³/mol. The maximum Gasteiger partial charge on any atom is 0.257 e. The minimum Gasteiger partial charge on any atom is -0.491 e. The molecule has 0 spiro atoms. The van der Waals surface area contributed by atoms with E-state index in [0.29, 0.717) is 31.9 Å². The van der Waals surface area contributed by atoms with Gasteiger partial charge in [-0.05, 0) is 42.3 Å². The van der Waals surface area contributed by atoms with Gasteiger partial charge in [-0.15, -0.1) is 0 Å². The number of anilines is 1. The third-order valence-electron chi connectivity index (χ3n) is 5.38. The van der Waals surface area contributed by atoms with Crippen LogP contribution >= 0.6 is 0 Å². The Labute approximate surface area is 177 Å². The Morgan fingerprint density at radius 2 is 1.77 bits per heavy atom. The van der Waals surface area contributed by atoms with Crippen molar-refractivity contribution in [1.29, 1.82) is 0 Å². The molecule has 0 radical (unpaired) electrons. The first-order valence-corrected chi connectivity index (χ1v) is 10.6. The Morgan fingerprint density at radius 1 is 0.967 bits per heavy atom. The lowest BCUT2D eigenvalue weighted by atomic mass is 9.97. The quantitative estimate of drug-likeness (QED) is 0.522. The van der Waals surface area contributed by atoms with Crippen LogP contribution in [0.2, 0.25) is 0 Å². The molecule has 156 valence electrons. The molecule has 1 amide bonds. The first kappa shape index (κ1) is 20.2. The topological polar surface area (TPSA) is 50.8 Å². The van der Waals surface area contributed by atoms with Gasteiger partial charge in [-0.3, -0.25) is 4.79 Å². The van der Waals surface area contributed by atoms with E-state index in [0.717, 1.165) is 34.2 Å². The molecule has 1 heterocycles. The molecule has 30 heavy (non-hydrogen) atoms. The molecule has 0 aromatic heterocycles. The van der Waals surface area contributed by atoms with E-state index in [-0.39, 0.29) is 12.1 Å². The normalized spacial score (nSPS) is 15.7. The summed E-state index contributed by atoms with van der Waals surface area (Å²) in [7, 11) is 0. The Balaban J connectivity index is 1.82. The second kappa shape index (κ2) is 9.18. The zero-order valence-electron chi connectivity index (χ0n) is 17.6. The fraction of sp³-hybridized carbons (Fsp3) is 0.320. The number of hydrogen-bond donors (Lipinski definition) is 1. The Morgan fingerprint density at radius 3 is 2.60 bits per heavy atom. The summed E-state index contributed by atoms with van der Waals surface area (Å²) >= 11 is 0. The lowest BCUT2D eigenvalue weighted by molar-refractivity contribution is 0.0679. The number of amides is 1. The fourth-order valence-electron chi connectivity index (χ4n) is 4.03. The van der Waals surface area contributed by atoms with Gasteiger partial charge < -0.3 is 19.7 Å². The number of carbonyl (C=O) groups excluding carboxylic acids is 1. The van der Waals surface area contributed by atoms with Crippen molar-refractivity contribution in [2.45, 2.75) is 26.4 Å². The molecule has 0 saturated heterocycles. The number of carbonyl (C=O) groups is 1. The zero-order valence-corrected chi connectivity index (χ0v) is 17.6. The van der Waals surface area contributed by atoms with Crippen molar-refractivity contribution in [3.05, 3.63) is 71.8 Å². The number of nitrogens with zero attached hydrogens (tertiary/aromatic N) is 1. The first-order chi connectivity index (χ1) is 14.7. The first-order valence-electron chi connectivity index (χ1n) is 10.6. The van der Waals surface area contributed by atoms with E-state index in [1.54, 1.807) is 0 Å². The van der Waals surface area contributed by atoms with Crippen molar-refractivity contribution in [1.82, 2.24) is 4.90 Å². The Kier molecular flexibility index (Phi) is 6.19. The summed E-state index contributed by atoms with van der Waals surface area (Å²) in [4.78, 5) is 15.3. The number of ether oxygens (including phenoxy) is 2. The molecule has 5 heteroatoms. The van der Waals surface area contributed by atoms with E-state index >= 15 is 0 Å². The molecule has 4 rings (SSSR count). The van der Waals surface area contributed by atoms with Gasteiger partial charge in [-0.2, -0.15) is 0 Å². The lowest BCUT2D eigenvalue weighted by Crippen LogP contribution is -2.43. The van der Waals surface area contributed by atoms with Crippen LogP contribution in [0.25, 0.3) is 10.8 Å². The minimum atomic E-state index is -0.305. The van der Waals surface area contributed by atoms with E-state index in [2.05, 4.69) is 30.4 Å². The summed E-state index contributed by atoms with van der Waals surface area (Å²) in [6, 6.07) is 20.0. The van der Waals surface area contributed by atoms with Crippen molar-refractivity contribution in [2.75, 3.05) is 31.7 Å². The summed E-state index contributed by atoms with van der Waals surface area (Å²) < 4.78 is 11.6. The van der Waals surface area contributed by atoms with Crippen LogP contribution in [-0.4, -0.2) is 37.2 Å². The standard InChI is InChI=1S/C25H28N2O3/c1-3-15-27-24(26-21-12-8-7-11-20(21)25(27)28)23-19-10-6-5-9-18(19)13-14-22(23)30-17-16-29-4-2/h5-14,24,26H,3-4,15-17H2,1-2H3. The highest BCUT2D eigenvalue weighted by molar-refractivity contribution is 6.02. The number of hydrogen-bond acceptors (Lipinski definition) is 4. The smallest absolute Gasteiger partial charge is 0.257 e. The second-order valence-electron chi connectivity index (χ2n) is 7.33. The van der Waals surface area contributed by atoms with Gasteiger partial charge in [-0.25, -0.2) is 0 Å². The van der Waals surface area contributed by atoms with Gasteiger partial charge in [-0.1, -0.05) is 49.4 Å². The lowest BCUT2D eigenvalue weighted by Gasteiger charge is -2.39. The van der Waals surface area contributed by atoms with Crippen molar-refractivity contribution in [3.63, 3.8) is 0 Å². The van der Waals surface area contributed by atoms with Crippen LogP contribution in [0.3, 0.4) is 0 Å². The van der Waals surface area contributed by atoms with Crippen molar-refractivity contribution >= 4 is 22.4 Å². The van der Waals surface area contributed by atoms with E-state index in [4.69, 9.17) is 9.47 Å². The molecule has 0 fully saturated rings. The van der Waals surface area contributed by atoms with Crippen LogP contribution in [0.5, 0.6) is 5.75 Å². The molecule has 0 bridgehead atoms. The molecule has 1 N–H and O–H groups in total. The molecule has 1 aliphatic rings. The van der Waals surface area contributed by atoms with Gasteiger partial charge in [0.2, 0.25) is 0 Å². The Bertz CT molecular complexity index is 1030. The van der Waals surface area contributed by atoms with Gasteiger partial charge in [0, 0.05) is 24.4 Å². The van der Waals surface area contributed by atoms with E-state index in [1.165, 1.54) is 0 Å². The van der Waals surface area contributed by atoms with Crippen LogP contribution < -0.4 is 10.1 Å². The van der Waals surface area contributed by atoms with Crippen molar-refractivity contribution in [2.24, 2.45) is 0 Å². The molecule has 3 aromatic carbocycles. The number of fused-ring (bicyclic) bond motifs is 2. The maximum absolute atomic E-state index is 13.4. The van der Waals surface area contributed by atoms with E-state index < -0.39 is 0 Å². The third-order valence-corrected chi connectivity index (χ3v) is 5.38. The van der Waals surface area contributed by atoms with Gasteiger partial charge >= 0.3 is 0 Å². The minimum absolute atomic E-state index is 0.0457. The molecule has 3 aromatic rings. The summed E-state index contributed by atoms with van der Waals surface area (Å²) in [6.45, 7) is 6.37. The van der Waals surface area contributed by atoms with E-state index in [1.807, 2.05) is 54.3 Å². The molecule has 5 nitrogen and oxygen atoms in total. The molecular weight excluding hydrogens is 376 g/mol. The highest BCUT2D eigenvalue weighted by atomic mass is 16.5. The molecule has 1 atom stereocenters. The molecule has 0 aliphatic carbocycles. The Hall–Kier alpha value is -3.05. The van der Waals surface area contributed by atoms with Crippen LogP contribution in [0.1, 0.15) is 42.4 Å². The SMILES string of the molecule is CCCN1C(=O)c2ccccc2NC1c1c(OCCOCC)ccc2ccccc12. The van der Waals surface area contributed by atoms with Crippen LogP contribution in [0, 0.1) is 0 Å². The average molecular weight is 405 g/mol. The predicted octanol–water partition coefficient (Wildman–Crippen LogP) is 5.23. The monoisotopic (exact) mass is 404 g/mol. The summed E-state index contributed by atoms with van der Waals surface area (Å²) in [5.74, 6) is 0.823. The highest BCUT2D eigenvalue weighted by Crippen LogP contribution is 2.40. The van der Waals surface area contributed by atoms with Crippen LogP contribution in [-0.2, 0) is 4.74 Å².